The van der Waals surface area contributed by atoms with E-state index in [9.17, 15) is 4.79 Å². The number of nitrogens with one attached hydrogen (secondary N) is 1. The summed E-state index contributed by atoms with van der Waals surface area (Å²) in [7, 11) is 0. The van der Waals surface area contributed by atoms with Gasteiger partial charge in [-0.3, -0.25) is 9.78 Å². The molecule has 8 heteroatoms. The zero-order chi connectivity index (χ0) is 21.5. The molecule has 1 amide bonds. The second-order valence-electron chi connectivity index (χ2n) is 6.91. The van der Waals surface area contributed by atoms with Crippen LogP contribution in [0.5, 0.6) is 5.75 Å². The molecule has 0 saturated carbocycles. The molecule has 1 N–H and O–H groups in total. The molecular weight excluding hydrogens is 394 g/mol. The van der Waals surface area contributed by atoms with Crippen molar-refractivity contribution in [2.75, 3.05) is 5.32 Å². The lowest BCUT2D eigenvalue weighted by Crippen LogP contribution is -2.14. The molecule has 0 aliphatic heterocycles. The molecule has 8 nitrogen and oxygen atoms in total. The molecule has 0 bridgehead atoms. The number of hydrogen-bond donors (Lipinski definition) is 1. The Labute approximate surface area is 179 Å². The van der Waals surface area contributed by atoms with E-state index in [1.54, 1.807) is 30.7 Å². The molecule has 4 rings (SSSR count). The van der Waals surface area contributed by atoms with Gasteiger partial charge in [-0.1, -0.05) is 17.7 Å². The quantitative estimate of drug-likeness (QED) is 0.464. The minimum atomic E-state index is -0.220. The van der Waals surface area contributed by atoms with Gasteiger partial charge in [0.1, 0.15) is 6.61 Å². The molecule has 4 aromatic rings. The Morgan fingerprint density at radius 2 is 1.84 bits per heavy atom. The molecule has 0 unspecified atom stereocenters. The highest BCUT2D eigenvalue weighted by atomic mass is 16.5. The van der Waals surface area contributed by atoms with Crippen LogP contribution < -0.4 is 10.1 Å². The summed E-state index contributed by atoms with van der Waals surface area (Å²) in [4.78, 5) is 20.6. The summed E-state index contributed by atoms with van der Waals surface area (Å²) in [5.41, 5.74) is 2.97. The smallest absolute Gasteiger partial charge is 0.247 e. The topological polar surface area (TPSA) is 103 Å². The number of nitrogens with zero attached hydrogens (tertiary/aromatic N) is 4. The van der Waals surface area contributed by atoms with Gasteiger partial charge in [-0.05, 0) is 48.9 Å². The summed E-state index contributed by atoms with van der Waals surface area (Å²) in [5, 5.41) is 10.9. The number of aryl methyl sites for hydroxylation is 2. The van der Waals surface area contributed by atoms with Crippen molar-refractivity contribution in [2.24, 2.45) is 0 Å². The van der Waals surface area contributed by atoms with Gasteiger partial charge in [0.2, 0.25) is 17.7 Å². The van der Waals surface area contributed by atoms with Crippen molar-refractivity contribution in [2.45, 2.75) is 26.4 Å². The maximum Gasteiger partial charge on any atom is 0.247 e. The van der Waals surface area contributed by atoms with Crippen LogP contribution in [0.4, 0.5) is 5.82 Å². The number of carbonyl (C=O) groups is 1. The van der Waals surface area contributed by atoms with Crippen LogP contribution in [0.3, 0.4) is 0 Å². The van der Waals surface area contributed by atoms with Crippen LogP contribution >= 0.6 is 0 Å². The average Bonchev–Trinajstić information content (AvgIpc) is 3.27. The minimum Gasteiger partial charge on any atom is -0.485 e. The lowest BCUT2D eigenvalue weighted by atomic mass is 10.1. The number of amides is 1. The number of benzene rings is 1. The molecule has 156 valence electrons. The number of carbonyl (C=O) groups excluding carboxylic acids is 1. The first kappa shape index (κ1) is 20.2. The van der Waals surface area contributed by atoms with Gasteiger partial charge in [-0.2, -0.15) is 0 Å². The first-order valence-electron chi connectivity index (χ1n) is 9.83. The number of ether oxygens (including phenoxy) is 1. The second kappa shape index (κ2) is 9.62. The number of aromatic nitrogens is 4. The van der Waals surface area contributed by atoms with E-state index in [0.29, 0.717) is 36.4 Å². The maximum absolute atomic E-state index is 12.4. The first-order valence-corrected chi connectivity index (χ1v) is 9.83. The molecule has 0 aliphatic rings. The van der Waals surface area contributed by atoms with Gasteiger partial charge >= 0.3 is 0 Å². The molecule has 0 saturated heterocycles. The van der Waals surface area contributed by atoms with Crippen LogP contribution in [-0.4, -0.2) is 26.1 Å². The maximum atomic E-state index is 12.4. The van der Waals surface area contributed by atoms with Crippen molar-refractivity contribution in [1.29, 1.82) is 0 Å². The van der Waals surface area contributed by atoms with Gasteiger partial charge in [0.15, 0.2) is 11.6 Å². The SMILES string of the molecule is Cc1ccc(-c2nnc(CCC(=O)Nc3ncccc3OCc3ccncc3)o2)cc1. The Kier molecular flexibility index (Phi) is 6.27. The number of pyridine rings is 2. The van der Waals surface area contributed by atoms with Gasteiger partial charge in [0.05, 0.1) is 0 Å². The Bertz CT molecular complexity index is 1140. The van der Waals surface area contributed by atoms with Gasteiger partial charge < -0.3 is 14.5 Å². The normalized spacial score (nSPS) is 10.6. The molecule has 3 aromatic heterocycles. The van der Waals surface area contributed by atoms with E-state index < -0.39 is 0 Å². The van der Waals surface area contributed by atoms with Crippen molar-refractivity contribution in [3.05, 3.63) is 84.1 Å². The van der Waals surface area contributed by atoms with E-state index in [1.807, 2.05) is 43.3 Å². The molecule has 1 aromatic carbocycles. The molecular formula is C23H21N5O3. The van der Waals surface area contributed by atoms with E-state index >= 15 is 0 Å². The fourth-order valence-electron chi connectivity index (χ4n) is 2.82. The minimum absolute atomic E-state index is 0.176. The summed E-state index contributed by atoms with van der Waals surface area (Å²) in [6.45, 7) is 2.36. The molecule has 0 radical (unpaired) electrons. The van der Waals surface area contributed by atoms with E-state index in [0.717, 1.165) is 16.7 Å². The van der Waals surface area contributed by atoms with Gasteiger partial charge in [-0.15, -0.1) is 10.2 Å². The third-order valence-electron chi connectivity index (χ3n) is 4.50. The van der Waals surface area contributed by atoms with Crippen LogP contribution in [0.2, 0.25) is 0 Å². The third-order valence-corrected chi connectivity index (χ3v) is 4.50. The van der Waals surface area contributed by atoms with Crippen LogP contribution in [0.25, 0.3) is 11.5 Å². The fourth-order valence-corrected chi connectivity index (χ4v) is 2.82. The highest BCUT2D eigenvalue weighted by Gasteiger charge is 2.13. The molecule has 31 heavy (non-hydrogen) atoms. The van der Waals surface area contributed by atoms with Crippen molar-refractivity contribution >= 4 is 11.7 Å². The van der Waals surface area contributed by atoms with Crippen molar-refractivity contribution in [1.82, 2.24) is 20.2 Å². The number of anilines is 1. The Morgan fingerprint density at radius 1 is 1.03 bits per heavy atom. The van der Waals surface area contributed by atoms with Crippen LogP contribution in [0.1, 0.15) is 23.4 Å². The first-order chi connectivity index (χ1) is 15.2. The third kappa shape index (κ3) is 5.51. The molecule has 3 heterocycles. The zero-order valence-corrected chi connectivity index (χ0v) is 17.0. The summed E-state index contributed by atoms with van der Waals surface area (Å²) < 4.78 is 11.5. The Balaban J connectivity index is 1.33. The lowest BCUT2D eigenvalue weighted by Gasteiger charge is -2.11. The Morgan fingerprint density at radius 3 is 2.65 bits per heavy atom. The molecule has 0 aliphatic carbocycles. The van der Waals surface area contributed by atoms with Crippen molar-refractivity contribution in [3.8, 4) is 17.2 Å². The predicted octanol–water partition coefficient (Wildman–Crippen LogP) is 3.99. The fraction of sp³-hybridized carbons (Fsp3) is 0.174. The highest BCUT2D eigenvalue weighted by molar-refractivity contribution is 5.91. The molecule has 0 spiro atoms. The standard InChI is InChI=1S/C23H21N5O3/c1-16-4-6-18(7-5-16)23-28-27-21(31-23)9-8-20(29)26-22-19(3-2-12-25-22)30-15-17-10-13-24-14-11-17/h2-7,10-14H,8-9,15H2,1H3,(H,25,26,29). The van der Waals surface area contributed by atoms with Gasteiger partial charge in [-0.25, -0.2) is 4.98 Å². The predicted molar refractivity (Wildman–Crippen MR) is 114 cm³/mol. The summed E-state index contributed by atoms with van der Waals surface area (Å²) in [6.07, 6.45) is 5.50. The summed E-state index contributed by atoms with van der Waals surface area (Å²) in [5.74, 6) is 1.48. The van der Waals surface area contributed by atoms with E-state index in [4.69, 9.17) is 9.15 Å². The van der Waals surface area contributed by atoms with Crippen LogP contribution in [0.15, 0.2) is 71.5 Å². The monoisotopic (exact) mass is 415 g/mol. The van der Waals surface area contributed by atoms with Crippen molar-refractivity contribution < 1.29 is 13.9 Å². The van der Waals surface area contributed by atoms with Crippen molar-refractivity contribution in [3.63, 3.8) is 0 Å². The summed E-state index contributed by atoms with van der Waals surface area (Å²) >= 11 is 0. The second-order valence-corrected chi connectivity index (χ2v) is 6.91. The number of hydrogen-bond acceptors (Lipinski definition) is 7. The Hall–Kier alpha value is -4.07. The van der Waals surface area contributed by atoms with Gasteiger partial charge in [0, 0.05) is 37.0 Å². The van der Waals surface area contributed by atoms with E-state index in [1.165, 1.54) is 0 Å². The average molecular weight is 415 g/mol. The lowest BCUT2D eigenvalue weighted by molar-refractivity contribution is -0.116. The largest absolute Gasteiger partial charge is 0.485 e. The van der Waals surface area contributed by atoms with Crippen LogP contribution in [0, 0.1) is 6.92 Å². The molecule has 0 fully saturated rings. The molecule has 0 atom stereocenters. The van der Waals surface area contributed by atoms with Crippen LogP contribution in [-0.2, 0) is 17.8 Å². The summed E-state index contributed by atoms with van der Waals surface area (Å²) in [6, 6.07) is 15.1. The number of rotatable bonds is 8. The van der Waals surface area contributed by atoms with E-state index in [-0.39, 0.29) is 12.3 Å². The van der Waals surface area contributed by atoms with E-state index in [2.05, 4.69) is 25.5 Å². The zero-order valence-electron chi connectivity index (χ0n) is 17.0. The highest BCUT2D eigenvalue weighted by Crippen LogP contribution is 2.23. The van der Waals surface area contributed by atoms with Gasteiger partial charge in [0.25, 0.3) is 0 Å².